The second-order valence-corrected chi connectivity index (χ2v) is 5.77. The van der Waals surface area contributed by atoms with Crippen LogP contribution in [0.15, 0.2) is 4.99 Å². The summed E-state index contributed by atoms with van der Waals surface area (Å²) in [6.45, 7) is 11.8. The van der Waals surface area contributed by atoms with Crippen LogP contribution in [0, 0.1) is 5.92 Å². The summed E-state index contributed by atoms with van der Waals surface area (Å²) in [4.78, 5) is 18.2. The highest BCUT2D eigenvalue weighted by atomic mass is 16.2. The Bertz CT molecular complexity index is 328. The SMILES string of the molecule is CCNC(=NCCC(C)C)NC1CCN(C(=O)CC)C1. The van der Waals surface area contributed by atoms with Crippen molar-refractivity contribution in [1.82, 2.24) is 15.5 Å². The molecule has 2 N–H and O–H groups in total. The van der Waals surface area contributed by atoms with Crippen molar-refractivity contribution in [3.05, 3.63) is 0 Å². The van der Waals surface area contributed by atoms with Crippen molar-refractivity contribution in [2.45, 2.75) is 53.0 Å². The minimum absolute atomic E-state index is 0.246. The van der Waals surface area contributed by atoms with Crippen molar-refractivity contribution < 1.29 is 4.79 Å². The fourth-order valence-corrected chi connectivity index (χ4v) is 2.28. The number of carbonyl (C=O) groups is 1. The maximum atomic E-state index is 11.7. The van der Waals surface area contributed by atoms with E-state index in [1.165, 1.54) is 0 Å². The van der Waals surface area contributed by atoms with Gasteiger partial charge in [0.25, 0.3) is 0 Å². The Balaban J connectivity index is 2.44. The molecule has 20 heavy (non-hydrogen) atoms. The largest absolute Gasteiger partial charge is 0.357 e. The number of guanidine groups is 1. The fraction of sp³-hybridized carbons (Fsp3) is 0.867. The van der Waals surface area contributed by atoms with Crippen LogP contribution in [-0.4, -0.2) is 49.0 Å². The van der Waals surface area contributed by atoms with E-state index in [-0.39, 0.29) is 5.91 Å². The van der Waals surface area contributed by atoms with Crippen molar-refractivity contribution in [1.29, 1.82) is 0 Å². The number of hydrogen-bond acceptors (Lipinski definition) is 2. The lowest BCUT2D eigenvalue weighted by Gasteiger charge is -2.18. The average Bonchev–Trinajstić information content (AvgIpc) is 2.86. The third-order valence-corrected chi connectivity index (χ3v) is 3.50. The standard InChI is InChI=1S/C15H30N4O/c1-5-14(20)19-10-8-13(11-19)18-15(16-6-2)17-9-7-12(3)4/h12-13H,5-11H2,1-4H3,(H2,16,17,18). The highest BCUT2D eigenvalue weighted by Gasteiger charge is 2.25. The molecule has 1 aliphatic rings. The number of hydrogen-bond donors (Lipinski definition) is 2. The molecule has 1 aliphatic heterocycles. The Hall–Kier alpha value is -1.26. The van der Waals surface area contributed by atoms with Gasteiger partial charge >= 0.3 is 0 Å². The van der Waals surface area contributed by atoms with Gasteiger partial charge in [0.05, 0.1) is 0 Å². The number of rotatable bonds is 6. The van der Waals surface area contributed by atoms with Crippen molar-refractivity contribution in [3.8, 4) is 0 Å². The lowest BCUT2D eigenvalue weighted by Crippen LogP contribution is -2.45. The van der Waals surface area contributed by atoms with Gasteiger partial charge in [-0.15, -0.1) is 0 Å². The number of nitrogens with one attached hydrogen (secondary N) is 2. The number of amides is 1. The Kier molecular flexibility index (Phi) is 7.41. The van der Waals surface area contributed by atoms with Gasteiger partial charge in [0.2, 0.25) is 5.91 Å². The van der Waals surface area contributed by atoms with E-state index in [1.807, 2.05) is 11.8 Å². The lowest BCUT2D eigenvalue weighted by molar-refractivity contribution is -0.129. The van der Waals surface area contributed by atoms with Gasteiger partial charge in [0.15, 0.2) is 5.96 Å². The van der Waals surface area contributed by atoms with Gasteiger partial charge in [-0.25, -0.2) is 0 Å². The second-order valence-electron chi connectivity index (χ2n) is 5.77. The fourth-order valence-electron chi connectivity index (χ4n) is 2.28. The summed E-state index contributed by atoms with van der Waals surface area (Å²) < 4.78 is 0. The van der Waals surface area contributed by atoms with Crippen LogP contribution in [0.2, 0.25) is 0 Å². The summed E-state index contributed by atoms with van der Waals surface area (Å²) in [6, 6.07) is 0.322. The molecule has 1 heterocycles. The first-order valence-electron chi connectivity index (χ1n) is 7.89. The van der Waals surface area contributed by atoms with Crippen LogP contribution >= 0.6 is 0 Å². The van der Waals surface area contributed by atoms with Crippen LogP contribution in [0.4, 0.5) is 0 Å². The molecular weight excluding hydrogens is 252 g/mol. The predicted molar refractivity (Wildman–Crippen MR) is 83.8 cm³/mol. The van der Waals surface area contributed by atoms with Crippen LogP contribution in [0.25, 0.3) is 0 Å². The van der Waals surface area contributed by atoms with Crippen LogP contribution in [-0.2, 0) is 4.79 Å². The number of aliphatic imine (C=N–C) groups is 1. The molecule has 0 aromatic heterocycles. The van der Waals surface area contributed by atoms with E-state index in [0.717, 1.165) is 45.0 Å². The van der Waals surface area contributed by atoms with Gasteiger partial charge in [-0.2, -0.15) is 0 Å². The van der Waals surface area contributed by atoms with Crippen LogP contribution in [0.5, 0.6) is 0 Å². The van der Waals surface area contributed by atoms with Crippen LogP contribution in [0.1, 0.15) is 47.0 Å². The Morgan fingerprint density at radius 1 is 1.40 bits per heavy atom. The van der Waals surface area contributed by atoms with E-state index in [4.69, 9.17) is 0 Å². The minimum atomic E-state index is 0.246. The molecule has 0 spiro atoms. The van der Waals surface area contributed by atoms with Gasteiger partial charge in [-0.3, -0.25) is 9.79 Å². The maximum absolute atomic E-state index is 11.7. The van der Waals surface area contributed by atoms with Crippen molar-refractivity contribution in [2.75, 3.05) is 26.2 Å². The molecule has 0 aromatic carbocycles. The average molecular weight is 282 g/mol. The Morgan fingerprint density at radius 2 is 2.15 bits per heavy atom. The predicted octanol–water partition coefficient (Wildman–Crippen LogP) is 1.60. The molecule has 5 nitrogen and oxygen atoms in total. The van der Waals surface area contributed by atoms with Crippen LogP contribution in [0.3, 0.4) is 0 Å². The molecule has 0 radical (unpaired) electrons. The van der Waals surface area contributed by atoms with Gasteiger partial charge in [0, 0.05) is 38.6 Å². The molecule has 5 heteroatoms. The van der Waals surface area contributed by atoms with E-state index < -0.39 is 0 Å². The molecule has 1 amide bonds. The highest BCUT2D eigenvalue weighted by molar-refractivity contribution is 5.80. The number of carbonyl (C=O) groups excluding carboxylic acids is 1. The summed E-state index contributed by atoms with van der Waals surface area (Å²) in [6.07, 6.45) is 2.69. The first kappa shape index (κ1) is 16.8. The first-order chi connectivity index (χ1) is 9.56. The summed E-state index contributed by atoms with van der Waals surface area (Å²) >= 11 is 0. The summed E-state index contributed by atoms with van der Waals surface area (Å²) in [7, 11) is 0. The lowest BCUT2D eigenvalue weighted by atomic mass is 10.1. The molecule has 1 fully saturated rings. The zero-order chi connectivity index (χ0) is 15.0. The molecular formula is C15H30N4O. The maximum Gasteiger partial charge on any atom is 0.222 e. The molecule has 0 saturated carbocycles. The zero-order valence-electron chi connectivity index (χ0n) is 13.4. The number of likely N-dealkylation sites (tertiary alicyclic amines) is 1. The van der Waals surface area contributed by atoms with E-state index in [0.29, 0.717) is 18.4 Å². The summed E-state index contributed by atoms with van der Waals surface area (Å²) in [5, 5.41) is 6.72. The van der Waals surface area contributed by atoms with Gasteiger partial charge < -0.3 is 15.5 Å². The van der Waals surface area contributed by atoms with Crippen LogP contribution < -0.4 is 10.6 Å². The second kappa shape index (κ2) is 8.82. The molecule has 1 rings (SSSR count). The zero-order valence-corrected chi connectivity index (χ0v) is 13.4. The van der Waals surface area contributed by atoms with Crippen molar-refractivity contribution in [2.24, 2.45) is 10.9 Å². The highest BCUT2D eigenvalue weighted by Crippen LogP contribution is 2.10. The van der Waals surface area contributed by atoms with Gasteiger partial charge in [0.1, 0.15) is 0 Å². The molecule has 1 atom stereocenters. The molecule has 1 saturated heterocycles. The van der Waals surface area contributed by atoms with E-state index in [9.17, 15) is 4.79 Å². The third kappa shape index (κ3) is 5.80. The van der Waals surface area contributed by atoms with E-state index >= 15 is 0 Å². The summed E-state index contributed by atoms with van der Waals surface area (Å²) in [5.74, 6) is 1.80. The van der Waals surface area contributed by atoms with E-state index in [2.05, 4.69) is 36.4 Å². The minimum Gasteiger partial charge on any atom is -0.357 e. The smallest absolute Gasteiger partial charge is 0.222 e. The molecule has 0 aromatic rings. The monoisotopic (exact) mass is 282 g/mol. The Labute approximate surface area is 123 Å². The van der Waals surface area contributed by atoms with Gasteiger partial charge in [-0.05, 0) is 25.7 Å². The van der Waals surface area contributed by atoms with Gasteiger partial charge in [-0.1, -0.05) is 20.8 Å². The third-order valence-electron chi connectivity index (χ3n) is 3.50. The topological polar surface area (TPSA) is 56.7 Å². The normalized spacial score (nSPS) is 19.6. The number of nitrogens with zero attached hydrogens (tertiary/aromatic N) is 2. The molecule has 0 aliphatic carbocycles. The first-order valence-corrected chi connectivity index (χ1v) is 7.89. The molecule has 0 bridgehead atoms. The summed E-state index contributed by atoms with van der Waals surface area (Å²) in [5.41, 5.74) is 0. The van der Waals surface area contributed by atoms with Crippen molar-refractivity contribution >= 4 is 11.9 Å². The molecule has 116 valence electrons. The quantitative estimate of drug-likeness (QED) is 0.575. The van der Waals surface area contributed by atoms with E-state index in [1.54, 1.807) is 0 Å². The molecule has 1 unspecified atom stereocenters. The van der Waals surface area contributed by atoms with Crippen molar-refractivity contribution in [3.63, 3.8) is 0 Å². The Morgan fingerprint density at radius 3 is 2.75 bits per heavy atom.